The molecule has 2 heterocycles. The van der Waals surface area contributed by atoms with Crippen molar-refractivity contribution in [2.24, 2.45) is 17.6 Å². The van der Waals surface area contributed by atoms with Crippen molar-refractivity contribution in [3.8, 4) is 0 Å². The third-order valence-corrected chi connectivity index (χ3v) is 6.59. The van der Waals surface area contributed by atoms with Gasteiger partial charge in [0, 0.05) is 48.7 Å². The number of carbonyl (C=O) groups excluding carboxylic acids is 2. The molecule has 0 radical (unpaired) electrons. The van der Waals surface area contributed by atoms with E-state index in [0.29, 0.717) is 18.8 Å². The quantitative estimate of drug-likeness (QED) is 0.584. The van der Waals surface area contributed by atoms with Gasteiger partial charge in [-0.2, -0.15) is 13.2 Å². The molecule has 1 unspecified atom stereocenters. The minimum Gasteiger partial charge on any atom is -0.372 e. The van der Waals surface area contributed by atoms with E-state index >= 15 is 0 Å². The van der Waals surface area contributed by atoms with Gasteiger partial charge in [0.1, 0.15) is 11.6 Å². The second-order valence-electron chi connectivity index (χ2n) is 8.97. The number of rotatable bonds is 6. The van der Waals surface area contributed by atoms with Crippen LogP contribution in [0.5, 0.6) is 0 Å². The van der Waals surface area contributed by atoms with Gasteiger partial charge in [0.2, 0.25) is 11.8 Å². The Bertz CT molecular complexity index is 1080. The van der Waals surface area contributed by atoms with Crippen LogP contribution in [0.4, 0.5) is 39.0 Å². The predicted molar refractivity (Wildman–Crippen MR) is 120 cm³/mol. The van der Waals surface area contributed by atoms with E-state index < -0.39 is 41.5 Å². The Labute approximate surface area is 198 Å². The van der Waals surface area contributed by atoms with Crippen LogP contribution < -0.4 is 16.0 Å². The maximum absolute atomic E-state index is 14.7. The molecule has 0 bridgehead atoms. The van der Waals surface area contributed by atoms with Crippen LogP contribution in [0.3, 0.4) is 0 Å². The standard InChI is InChI=1S/C24H25F5N4O2/c25-20-10-17(11-21(26)19(20)13-33-12-14(23(30)35)9-22(33)34)31-16-1-3-18(4-2-16)32-7-5-15(6-8-32)24(27,28)29/h1-4,10-11,14-15,31H,5-9,12-13H2,(H2,30,35). The topological polar surface area (TPSA) is 78.7 Å². The van der Waals surface area contributed by atoms with Crippen LogP contribution in [0, 0.1) is 23.5 Å². The molecule has 0 spiro atoms. The number of hydrogen-bond acceptors (Lipinski definition) is 4. The van der Waals surface area contributed by atoms with Crippen LogP contribution in [0.15, 0.2) is 36.4 Å². The van der Waals surface area contributed by atoms with Crippen molar-refractivity contribution in [1.29, 1.82) is 0 Å². The predicted octanol–water partition coefficient (Wildman–Crippen LogP) is 4.32. The molecule has 4 rings (SSSR count). The Kier molecular flexibility index (Phi) is 6.86. The fourth-order valence-electron chi connectivity index (χ4n) is 4.52. The van der Waals surface area contributed by atoms with E-state index in [1.807, 2.05) is 4.90 Å². The number of carbonyl (C=O) groups is 2. The van der Waals surface area contributed by atoms with Gasteiger partial charge in [-0.25, -0.2) is 8.78 Å². The Balaban J connectivity index is 1.38. The molecule has 0 aromatic heterocycles. The normalized spacial score (nSPS) is 19.3. The molecule has 2 aliphatic rings. The molecule has 2 aromatic rings. The molecule has 3 N–H and O–H groups in total. The van der Waals surface area contributed by atoms with Gasteiger partial charge in [-0.15, -0.1) is 0 Å². The Hall–Kier alpha value is -3.37. The first-order chi connectivity index (χ1) is 16.5. The number of nitrogens with one attached hydrogen (secondary N) is 1. The number of halogens is 5. The first kappa shape index (κ1) is 24.7. The van der Waals surface area contributed by atoms with E-state index in [0.717, 1.165) is 17.8 Å². The number of hydrogen-bond donors (Lipinski definition) is 2. The molecule has 6 nitrogen and oxygen atoms in total. The summed E-state index contributed by atoms with van der Waals surface area (Å²) < 4.78 is 67.9. The molecule has 0 saturated carbocycles. The Morgan fingerprint density at radius 2 is 1.63 bits per heavy atom. The van der Waals surface area contributed by atoms with Gasteiger partial charge in [-0.1, -0.05) is 0 Å². The molecule has 2 saturated heterocycles. The van der Waals surface area contributed by atoms with Crippen molar-refractivity contribution in [3.05, 3.63) is 53.6 Å². The molecular formula is C24H25F5N4O2. The lowest BCUT2D eigenvalue weighted by molar-refractivity contribution is -0.179. The van der Waals surface area contributed by atoms with Crippen molar-refractivity contribution in [2.75, 3.05) is 29.9 Å². The maximum Gasteiger partial charge on any atom is 0.391 e. The molecule has 2 amide bonds. The highest BCUT2D eigenvalue weighted by molar-refractivity contribution is 5.88. The first-order valence-electron chi connectivity index (χ1n) is 11.2. The van der Waals surface area contributed by atoms with Crippen molar-refractivity contribution >= 4 is 28.9 Å². The van der Waals surface area contributed by atoms with E-state index in [1.54, 1.807) is 24.3 Å². The van der Waals surface area contributed by atoms with Gasteiger partial charge < -0.3 is 20.9 Å². The lowest BCUT2D eigenvalue weighted by Gasteiger charge is -2.34. The number of amides is 2. The smallest absolute Gasteiger partial charge is 0.372 e. The van der Waals surface area contributed by atoms with E-state index in [9.17, 15) is 31.5 Å². The van der Waals surface area contributed by atoms with Crippen molar-refractivity contribution < 1.29 is 31.5 Å². The lowest BCUT2D eigenvalue weighted by atomic mass is 9.96. The third kappa shape index (κ3) is 5.66. The van der Waals surface area contributed by atoms with E-state index in [1.165, 1.54) is 4.90 Å². The molecule has 35 heavy (non-hydrogen) atoms. The molecule has 188 valence electrons. The van der Waals surface area contributed by atoms with Crippen LogP contribution in [0.2, 0.25) is 0 Å². The van der Waals surface area contributed by atoms with Gasteiger partial charge in [-0.05, 0) is 49.2 Å². The number of likely N-dealkylation sites (tertiary alicyclic amines) is 1. The summed E-state index contributed by atoms with van der Waals surface area (Å²) in [4.78, 5) is 26.4. The van der Waals surface area contributed by atoms with Gasteiger partial charge >= 0.3 is 6.18 Å². The van der Waals surface area contributed by atoms with Crippen molar-refractivity contribution in [3.63, 3.8) is 0 Å². The zero-order valence-electron chi connectivity index (χ0n) is 18.7. The van der Waals surface area contributed by atoms with Crippen molar-refractivity contribution in [2.45, 2.75) is 32.0 Å². The zero-order valence-corrected chi connectivity index (χ0v) is 18.7. The van der Waals surface area contributed by atoms with Gasteiger partial charge in [0.15, 0.2) is 0 Å². The average molecular weight is 496 g/mol. The second kappa shape index (κ2) is 9.71. The maximum atomic E-state index is 14.7. The van der Waals surface area contributed by atoms with Crippen LogP contribution in [-0.2, 0) is 16.1 Å². The minimum absolute atomic E-state index is 0.0211. The number of nitrogens with zero attached hydrogens (tertiary/aromatic N) is 2. The van der Waals surface area contributed by atoms with Crippen LogP contribution in [0.25, 0.3) is 0 Å². The Morgan fingerprint density at radius 3 is 2.14 bits per heavy atom. The molecule has 11 heteroatoms. The summed E-state index contributed by atoms with van der Waals surface area (Å²) in [5, 5.41) is 2.91. The number of anilines is 3. The van der Waals surface area contributed by atoms with Crippen LogP contribution >= 0.6 is 0 Å². The molecular weight excluding hydrogens is 471 g/mol. The molecule has 2 aliphatic heterocycles. The molecule has 2 fully saturated rings. The van der Waals surface area contributed by atoms with E-state index in [4.69, 9.17) is 5.73 Å². The third-order valence-electron chi connectivity index (χ3n) is 6.59. The fraction of sp³-hybridized carbons (Fsp3) is 0.417. The van der Waals surface area contributed by atoms with Gasteiger partial charge in [0.25, 0.3) is 0 Å². The fourth-order valence-corrected chi connectivity index (χ4v) is 4.52. The zero-order chi connectivity index (χ0) is 25.3. The molecule has 2 aromatic carbocycles. The second-order valence-corrected chi connectivity index (χ2v) is 8.97. The lowest BCUT2D eigenvalue weighted by Crippen LogP contribution is -2.38. The average Bonchev–Trinajstić information content (AvgIpc) is 3.17. The number of primary amides is 1. The van der Waals surface area contributed by atoms with Crippen LogP contribution in [-0.4, -0.2) is 42.5 Å². The summed E-state index contributed by atoms with van der Waals surface area (Å²) in [5.74, 6) is -4.65. The van der Waals surface area contributed by atoms with Crippen molar-refractivity contribution in [1.82, 2.24) is 4.90 Å². The van der Waals surface area contributed by atoms with E-state index in [2.05, 4.69) is 5.32 Å². The van der Waals surface area contributed by atoms with Crippen LogP contribution in [0.1, 0.15) is 24.8 Å². The first-order valence-corrected chi connectivity index (χ1v) is 11.2. The minimum atomic E-state index is -4.17. The summed E-state index contributed by atoms with van der Waals surface area (Å²) in [7, 11) is 0. The summed E-state index contributed by atoms with van der Waals surface area (Å²) in [6.07, 6.45) is -4.16. The SMILES string of the molecule is NC(=O)C1CC(=O)N(Cc2c(F)cc(Nc3ccc(N4CCC(C(F)(F)F)CC4)cc3)cc2F)C1. The molecule has 0 aliphatic carbocycles. The summed E-state index contributed by atoms with van der Waals surface area (Å²) in [5.41, 5.74) is 6.41. The van der Waals surface area contributed by atoms with E-state index in [-0.39, 0.29) is 43.6 Å². The number of nitrogens with two attached hydrogens (primary N) is 1. The van der Waals surface area contributed by atoms with Gasteiger partial charge in [-0.3, -0.25) is 9.59 Å². The summed E-state index contributed by atoms with van der Waals surface area (Å²) >= 11 is 0. The number of piperidine rings is 1. The Morgan fingerprint density at radius 1 is 1.03 bits per heavy atom. The summed E-state index contributed by atoms with van der Waals surface area (Å²) in [6, 6.07) is 9.07. The number of benzene rings is 2. The monoisotopic (exact) mass is 496 g/mol. The largest absolute Gasteiger partial charge is 0.391 e. The highest BCUT2D eigenvalue weighted by atomic mass is 19.4. The number of alkyl halides is 3. The summed E-state index contributed by atoms with van der Waals surface area (Å²) in [6.45, 7) is 0.316. The molecule has 1 atom stereocenters. The highest BCUT2D eigenvalue weighted by Crippen LogP contribution is 2.35. The van der Waals surface area contributed by atoms with Gasteiger partial charge in [0.05, 0.1) is 18.4 Å². The highest BCUT2D eigenvalue weighted by Gasteiger charge is 2.41.